The van der Waals surface area contributed by atoms with Crippen LogP contribution in [-0.4, -0.2) is 40.1 Å². The number of aromatic hydroxyl groups is 4. The van der Waals surface area contributed by atoms with E-state index in [0.29, 0.717) is 22.6 Å². The van der Waals surface area contributed by atoms with Gasteiger partial charge in [0.2, 0.25) is 11.5 Å². The number of hydrogen-bond acceptors (Lipinski definition) is 10. The summed E-state index contributed by atoms with van der Waals surface area (Å²) < 4.78 is 6.74. The quantitative estimate of drug-likeness (QED) is 0.158. The first kappa shape index (κ1) is 21.2. The van der Waals surface area contributed by atoms with Crippen LogP contribution in [0.15, 0.2) is 21.3 Å². The molecule has 3 heterocycles. The first-order valence-corrected chi connectivity index (χ1v) is 9.48. The van der Waals surface area contributed by atoms with Gasteiger partial charge >= 0.3 is 0 Å². The minimum Gasteiger partial charge on any atom is -0.504 e. The van der Waals surface area contributed by atoms with Gasteiger partial charge < -0.3 is 41.4 Å². The third-order valence-electron chi connectivity index (χ3n) is 5.27. The molecule has 0 aliphatic rings. The Balaban J connectivity index is 2.12. The number of nitrogens with zero attached hydrogens (tertiary/aromatic N) is 2. The van der Waals surface area contributed by atoms with Crippen LogP contribution in [0.3, 0.4) is 0 Å². The van der Waals surface area contributed by atoms with Crippen LogP contribution in [0.25, 0.3) is 28.4 Å². The molecule has 0 bridgehead atoms. The number of nitrogens with one attached hydrogen (secondary N) is 1. The zero-order valence-electron chi connectivity index (χ0n) is 16.9. The molecule has 4 rings (SSSR count). The van der Waals surface area contributed by atoms with E-state index in [2.05, 4.69) is 10.1 Å². The molecular formula is C20H21N5O7. The van der Waals surface area contributed by atoms with E-state index in [0.717, 1.165) is 4.52 Å². The van der Waals surface area contributed by atoms with Crippen LogP contribution in [0.5, 0.6) is 23.0 Å². The van der Waals surface area contributed by atoms with Crippen molar-refractivity contribution in [2.24, 2.45) is 11.5 Å². The lowest BCUT2D eigenvalue weighted by atomic mass is 10.0. The summed E-state index contributed by atoms with van der Waals surface area (Å²) in [7, 11) is 0. The number of fused-ring (bicyclic) bond motifs is 1. The predicted molar refractivity (Wildman–Crippen MR) is 112 cm³/mol. The standard InChI is InChI=1S/C20H21N5O7/c1-7-2-3-11(32-7)12-8(4-21)19-23-18(24-25(19)20(31)9(12)5-22)13-10(6-26)14(27)16(29)17(30)15(13)28/h2-3,26-30H,4-6,21-22H2,1H3,(H,23,24). The summed E-state index contributed by atoms with van der Waals surface area (Å²) in [6.45, 7) is 0.741. The van der Waals surface area contributed by atoms with Gasteiger partial charge in [0, 0.05) is 35.3 Å². The lowest BCUT2D eigenvalue weighted by Crippen LogP contribution is -2.25. The number of phenolic OH excluding ortho intramolecular Hbond substituents is 3. The molecule has 0 spiro atoms. The van der Waals surface area contributed by atoms with E-state index in [9.17, 15) is 30.3 Å². The average Bonchev–Trinajstić information content (AvgIpc) is 3.41. The van der Waals surface area contributed by atoms with E-state index in [-0.39, 0.29) is 41.3 Å². The molecule has 0 fully saturated rings. The number of nitrogens with two attached hydrogens (primary N) is 2. The van der Waals surface area contributed by atoms with Crippen molar-refractivity contribution >= 4 is 5.65 Å². The minimum absolute atomic E-state index is 0.0545. The molecule has 12 nitrogen and oxygen atoms in total. The summed E-state index contributed by atoms with van der Waals surface area (Å²) >= 11 is 0. The van der Waals surface area contributed by atoms with Crippen LogP contribution >= 0.6 is 0 Å². The van der Waals surface area contributed by atoms with Gasteiger partial charge in [0.05, 0.1) is 12.2 Å². The van der Waals surface area contributed by atoms with Crippen LogP contribution in [0.2, 0.25) is 0 Å². The number of hydrogen-bond donors (Lipinski definition) is 8. The van der Waals surface area contributed by atoms with E-state index in [4.69, 9.17) is 15.9 Å². The van der Waals surface area contributed by atoms with Gasteiger partial charge in [-0.1, -0.05) is 0 Å². The highest BCUT2D eigenvalue weighted by molar-refractivity contribution is 5.81. The van der Waals surface area contributed by atoms with Gasteiger partial charge in [-0.3, -0.25) is 9.89 Å². The Morgan fingerprint density at radius 1 is 0.969 bits per heavy atom. The maximum Gasteiger partial charge on any atom is 0.276 e. The first-order chi connectivity index (χ1) is 15.2. The zero-order valence-corrected chi connectivity index (χ0v) is 16.9. The number of aryl methyl sites for hydroxylation is 1. The summed E-state index contributed by atoms with van der Waals surface area (Å²) in [6.07, 6.45) is 0. The third-order valence-corrected chi connectivity index (χ3v) is 5.27. The van der Waals surface area contributed by atoms with Crippen molar-refractivity contribution in [3.8, 4) is 45.7 Å². The molecule has 4 aromatic rings. The highest BCUT2D eigenvalue weighted by atomic mass is 16.3. The molecule has 0 radical (unpaired) electrons. The van der Waals surface area contributed by atoms with E-state index >= 15 is 0 Å². The van der Waals surface area contributed by atoms with Crippen LogP contribution in [0.1, 0.15) is 22.5 Å². The number of phenols is 4. The molecule has 0 aliphatic carbocycles. The Morgan fingerprint density at radius 2 is 1.62 bits per heavy atom. The highest BCUT2D eigenvalue weighted by Gasteiger charge is 2.28. The van der Waals surface area contributed by atoms with Crippen molar-refractivity contribution in [1.29, 1.82) is 0 Å². The van der Waals surface area contributed by atoms with Crippen molar-refractivity contribution in [3.05, 3.63) is 44.9 Å². The first-order valence-electron chi connectivity index (χ1n) is 9.48. The van der Waals surface area contributed by atoms with Crippen molar-refractivity contribution in [2.75, 3.05) is 0 Å². The van der Waals surface area contributed by atoms with Gasteiger partial charge in [0.1, 0.15) is 11.5 Å². The van der Waals surface area contributed by atoms with Gasteiger partial charge in [-0.15, -0.1) is 0 Å². The van der Waals surface area contributed by atoms with Crippen molar-refractivity contribution in [1.82, 2.24) is 14.6 Å². The number of aliphatic hydroxyl groups is 1. The normalized spacial score (nSPS) is 11.5. The van der Waals surface area contributed by atoms with Gasteiger partial charge in [-0.2, -0.15) is 4.52 Å². The fourth-order valence-corrected chi connectivity index (χ4v) is 3.74. The van der Waals surface area contributed by atoms with Crippen molar-refractivity contribution in [3.63, 3.8) is 0 Å². The van der Waals surface area contributed by atoms with Crippen LogP contribution in [0.4, 0.5) is 0 Å². The fourth-order valence-electron chi connectivity index (χ4n) is 3.74. The number of aliphatic hydroxyl groups excluding tert-OH is 1. The highest BCUT2D eigenvalue weighted by Crippen LogP contribution is 2.50. The Morgan fingerprint density at radius 3 is 2.19 bits per heavy atom. The molecule has 0 aliphatic heterocycles. The average molecular weight is 443 g/mol. The van der Waals surface area contributed by atoms with E-state index in [1.165, 1.54) is 0 Å². The van der Waals surface area contributed by atoms with Crippen molar-refractivity contribution < 1.29 is 29.9 Å². The maximum atomic E-state index is 13.2. The monoisotopic (exact) mass is 443 g/mol. The van der Waals surface area contributed by atoms with E-state index in [1.54, 1.807) is 19.1 Å². The molecule has 32 heavy (non-hydrogen) atoms. The second-order valence-corrected chi connectivity index (χ2v) is 7.09. The van der Waals surface area contributed by atoms with Crippen LogP contribution in [-0.2, 0) is 19.7 Å². The summed E-state index contributed by atoms with van der Waals surface area (Å²) in [5, 5.41) is 52.6. The number of aromatic nitrogens is 3. The molecule has 0 atom stereocenters. The lowest BCUT2D eigenvalue weighted by Gasteiger charge is -2.12. The summed E-state index contributed by atoms with van der Waals surface area (Å²) in [6, 6.07) is 3.40. The smallest absolute Gasteiger partial charge is 0.276 e. The van der Waals surface area contributed by atoms with Gasteiger partial charge in [-0.25, -0.2) is 4.98 Å². The fraction of sp³-hybridized carbons (Fsp3) is 0.200. The zero-order chi connectivity index (χ0) is 23.3. The number of H-pyrrole nitrogens is 1. The Bertz CT molecular complexity index is 1420. The predicted octanol–water partition coefficient (Wildman–Crippen LogP) is 0.490. The maximum absolute atomic E-state index is 13.2. The Labute approximate surface area is 179 Å². The molecule has 1 aromatic carbocycles. The second kappa shape index (κ2) is 7.60. The summed E-state index contributed by atoms with van der Waals surface area (Å²) in [4.78, 5) is 17.5. The van der Waals surface area contributed by atoms with Crippen molar-refractivity contribution in [2.45, 2.75) is 26.6 Å². The van der Waals surface area contributed by atoms with Gasteiger partial charge in [-0.05, 0) is 19.1 Å². The van der Waals surface area contributed by atoms with E-state index < -0.39 is 35.2 Å². The second-order valence-electron chi connectivity index (χ2n) is 7.09. The molecule has 12 heteroatoms. The molecule has 0 saturated heterocycles. The molecule has 10 N–H and O–H groups in total. The van der Waals surface area contributed by atoms with Crippen LogP contribution < -0.4 is 17.0 Å². The number of rotatable bonds is 5. The number of benzene rings is 1. The lowest BCUT2D eigenvalue weighted by molar-refractivity contribution is 0.270. The SMILES string of the molecule is Cc1ccc(-c2c(CN)c(=O)n3[nH]c(-c4c(O)c(O)c(O)c(O)c4CO)nc3c2CN)o1. The Kier molecular flexibility index (Phi) is 5.05. The largest absolute Gasteiger partial charge is 0.504 e. The van der Waals surface area contributed by atoms with Crippen LogP contribution in [0, 0.1) is 6.92 Å². The Hall–Kier alpha value is -4.00. The summed E-state index contributed by atoms with van der Waals surface area (Å²) in [5.41, 5.74) is 11.8. The molecule has 0 saturated carbocycles. The molecule has 0 unspecified atom stereocenters. The molecular weight excluding hydrogens is 422 g/mol. The number of pyridine rings is 1. The third kappa shape index (κ3) is 2.89. The molecule has 168 valence electrons. The number of aromatic amines is 1. The topological polar surface area (TPSA) is 216 Å². The minimum atomic E-state index is -1.02. The van der Waals surface area contributed by atoms with E-state index in [1.807, 2.05) is 0 Å². The summed E-state index contributed by atoms with van der Waals surface area (Å²) in [5.74, 6) is -2.92. The number of furan rings is 1. The van der Waals surface area contributed by atoms with Gasteiger partial charge in [0.15, 0.2) is 23.0 Å². The van der Waals surface area contributed by atoms with Gasteiger partial charge in [0.25, 0.3) is 5.56 Å². The molecule has 3 aromatic heterocycles. The molecule has 0 amide bonds.